The number of aromatic hydroxyl groups is 1. The van der Waals surface area contributed by atoms with E-state index in [1.54, 1.807) is 36.2 Å². The number of nitrogens with one attached hydrogen (secondary N) is 1. The smallest absolute Gasteiger partial charge is 0.296 e. The van der Waals surface area contributed by atoms with Crippen molar-refractivity contribution in [3.63, 3.8) is 0 Å². The van der Waals surface area contributed by atoms with E-state index in [9.17, 15) is 31.0 Å². The third kappa shape index (κ3) is 4.95. The summed E-state index contributed by atoms with van der Waals surface area (Å²) in [6.45, 7) is 0. The maximum Gasteiger partial charge on any atom is 0.296 e. The molecule has 3 aromatic carbocycles. The summed E-state index contributed by atoms with van der Waals surface area (Å²) in [7, 11) is -8.02. The van der Waals surface area contributed by atoms with Crippen LogP contribution in [0.5, 0.6) is 5.75 Å². The standard InChI is InChI=1S/C20H17ClN6O7S2/c1-27(11-5-3-2-4-6-11)20-25-18(21)24-19(26-20)23-13-9-12(35(29,30)31)7-10-8-14(36(32,33)34)16(22)17(28)15(10)13/h2-9,28H,22H2,1H3,(H,29,30,31)(H,32,33,34)(H,23,24,25,26). The quantitative estimate of drug-likeness (QED) is 0.132. The number of fused-ring (bicyclic) bond motifs is 1. The number of hydrogen-bond acceptors (Lipinski definition) is 11. The number of para-hydroxylation sites is 1. The highest BCUT2D eigenvalue weighted by atomic mass is 35.5. The van der Waals surface area contributed by atoms with Crippen LogP contribution in [0.2, 0.25) is 5.28 Å². The van der Waals surface area contributed by atoms with Crippen molar-refractivity contribution in [2.45, 2.75) is 9.79 Å². The number of nitrogens with zero attached hydrogens (tertiary/aromatic N) is 4. The molecule has 4 aromatic rings. The third-order valence-corrected chi connectivity index (χ3v) is 6.94. The summed E-state index contributed by atoms with van der Waals surface area (Å²) >= 11 is 6.07. The molecule has 0 bridgehead atoms. The average molecular weight is 553 g/mol. The van der Waals surface area contributed by atoms with E-state index in [0.29, 0.717) is 5.69 Å². The molecule has 1 aromatic heterocycles. The molecule has 0 amide bonds. The molecule has 188 valence electrons. The van der Waals surface area contributed by atoms with Crippen molar-refractivity contribution >= 4 is 71.6 Å². The lowest BCUT2D eigenvalue weighted by atomic mass is 10.1. The second-order valence-electron chi connectivity index (χ2n) is 7.40. The van der Waals surface area contributed by atoms with Crippen LogP contribution in [0.4, 0.5) is 29.0 Å². The second-order valence-corrected chi connectivity index (χ2v) is 10.6. The van der Waals surface area contributed by atoms with E-state index in [4.69, 9.17) is 17.3 Å². The number of phenols is 1. The molecule has 0 saturated heterocycles. The van der Waals surface area contributed by atoms with Crippen LogP contribution in [0.25, 0.3) is 10.8 Å². The highest BCUT2D eigenvalue weighted by molar-refractivity contribution is 7.86. The first-order valence-corrected chi connectivity index (χ1v) is 13.0. The van der Waals surface area contributed by atoms with Gasteiger partial charge in [-0.3, -0.25) is 9.11 Å². The summed E-state index contributed by atoms with van der Waals surface area (Å²) in [5.41, 5.74) is 5.57. The van der Waals surface area contributed by atoms with Crippen LogP contribution in [-0.4, -0.2) is 53.0 Å². The fourth-order valence-corrected chi connectivity index (χ4v) is 4.73. The van der Waals surface area contributed by atoms with Crippen molar-refractivity contribution in [1.82, 2.24) is 15.0 Å². The van der Waals surface area contributed by atoms with E-state index in [0.717, 1.165) is 18.2 Å². The molecular formula is C20H17ClN6O7S2. The largest absolute Gasteiger partial charge is 0.505 e. The van der Waals surface area contributed by atoms with E-state index < -0.39 is 41.5 Å². The summed E-state index contributed by atoms with van der Waals surface area (Å²) in [6.07, 6.45) is 0. The number of rotatable bonds is 6. The van der Waals surface area contributed by atoms with Crippen LogP contribution in [0.3, 0.4) is 0 Å². The minimum Gasteiger partial charge on any atom is -0.505 e. The van der Waals surface area contributed by atoms with Gasteiger partial charge in [-0.05, 0) is 47.3 Å². The van der Waals surface area contributed by atoms with Crippen molar-refractivity contribution < 1.29 is 31.0 Å². The van der Waals surface area contributed by atoms with Crippen LogP contribution in [0.1, 0.15) is 0 Å². The summed E-state index contributed by atoms with van der Waals surface area (Å²) < 4.78 is 66.2. The van der Waals surface area contributed by atoms with Gasteiger partial charge >= 0.3 is 0 Å². The lowest BCUT2D eigenvalue weighted by Gasteiger charge is -2.18. The normalized spacial score (nSPS) is 12.0. The van der Waals surface area contributed by atoms with Gasteiger partial charge in [0.1, 0.15) is 10.6 Å². The molecule has 0 aliphatic heterocycles. The van der Waals surface area contributed by atoms with Crippen LogP contribution in [0.15, 0.2) is 58.3 Å². The van der Waals surface area contributed by atoms with Crippen LogP contribution >= 0.6 is 11.6 Å². The van der Waals surface area contributed by atoms with Gasteiger partial charge in [0.25, 0.3) is 20.2 Å². The van der Waals surface area contributed by atoms with Crippen molar-refractivity contribution in [3.05, 3.63) is 53.8 Å². The number of hydrogen-bond donors (Lipinski definition) is 5. The lowest BCUT2D eigenvalue weighted by molar-refractivity contribution is 0.473. The average Bonchev–Trinajstić information content (AvgIpc) is 2.79. The molecule has 0 aliphatic carbocycles. The number of phenolic OH excluding ortho intramolecular Hbond substituents is 1. The van der Waals surface area contributed by atoms with Crippen molar-refractivity contribution in [2.75, 3.05) is 23.0 Å². The zero-order chi connectivity index (χ0) is 26.4. The van der Waals surface area contributed by atoms with Crippen LogP contribution < -0.4 is 16.0 Å². The second kappa shape index (κ2) is 9.03. The van der Waals surface area contributed by atoms with Gasteiger partial charge in [0.15, 0.2) is 0 Å². The van der Waals surface area contributed by atoms with Gasteiger partial charge in [-0.2, -0.15) is 31.8 Å². The van der Waals surface area contributed by atoms with Crippen molar-refractivity contribution in [1.29, 1.82) is 0 Å². The minimum atomic E-state index is -4.89. The topological polar surface area (TPSA) is 209 Å². The molecule has 1 heterocycles. The molecule has 6 N–H and O–H groups in total. The Morgan fingerprint density at radius 2 is 1.64 bits per heavy atom. The maximum atomic E-state index is 11.9. The summed E-state index contributed by atoms with van der Waals surface area (Å²) in [6, 6.07) is 11.7. The predicted octanol–water partition coefficient (Wildman–Crippen LogP) is 2.97. The zero-order valence-corrected chi connectivity index (χ0v) is 20.5. The highest BCUT2D eigenvalue weighted by Crippen LogP contribution is 2.42. The van der Waals surface area contributed by atoms with Gasteiger partial charge in [0.05, 0.1) is 16.3 Å². The highest BCUT2D eigenvalue weighted by Gasteiger charge is 2.24. The Morgan fingerprint density at radius 1 is 0.972 bits per heavy atom. The Balaban J connectivity index is 1.92. The summed E-state index contributed by atoms with van der Waals surface area (Å²) in [5, 5.41) is 12.8. The maximum absolute atomic E-state index is 11.9. The van der Waals surface area contributed by atoms with E-state index in [1.165, 1.54) is 0 Å². The predicted molar refractivity (Wildman–Crippen MR) is 132 cm³/mol. The Bertz CT molecular complexity index is 1720. The number of halogens is 1. The first-order chi connectivity index (χ1) is 16.8. The van der Waals surface area contributed by atoms with Crippen molar-refractivity contribution in [3.8, 4) is 5.75 Å². The number of nitrogen functional groups attached to an aromatic ring is 1. The summed E-state index contributed by atoms with van der Waals surface area (Å²) in [4.78, 5) is 12.4. The van der Waals surface area contributed by atoms with Crippen molar-refractivity contribution in [2.24, 2.45) is 0 Å². The number of benzene rings is 3. The molecule has 0 unspecified atom stereocenters. The van der Waals surface area contributed by atoms with Gasteiger partial charge in [0.2, 0.25) is 17.2 Å². The minimum absolute atomic E-state index is 0.108. The monoisotopic (exact) mass is 552 g/mol. The molecule has 0 saturated carbocycles. The van der Waals surface area contributed by atoms with Crippen LogP contribution in [-0.2, 0) is 20.2 Å². The number of anilines is 5. The zero-order valence-electron chi connectivity index (χ0n) is 18.2. The fourth-order valence-electron chi connectivity index (χ4n) is 3.38. The number of aromatic nitrogens is 3. The molecule has 0 atom stereocenters. The molecule has 16 heteroatoms. The Kier molecular flexibility index (Phi) is 6.36. The van der Waals surface area contributed by atoms with E-state index >= 15 is 0 Å². The molecule has 0 fully saturated rings. The fraction of sp³-hybridized carbons (Fsp3) is 0.0500. The molecule has 0 aliphatic rings. The molecule has 36 heavy (non-hydrogen) atoms. The first kappa shape index (κ1) is 25.3. The molecular weight excluding hydrogens is 536 g/mol. The lowest BCUT2D eigenvalue weighted by Crippen LogP contribution is -2.15. The Morgan fingerprint density at radius 3 is 2.25 bits per heavy atom. The molecule has 4 rings (SSSR count). The third-order valence-electron chi connectivity index (χ3n) is 5.05. The van der Waals surface area contributed by atoms with Gasteiger partial charge < -0.3 is 21.1 Å². The Labute approximate surface area is 209 Å². The SMILES string of the molecule is CN(c1ccccc1)c1nc(Cl)nc(Nc2cc(S(=O)(=O)O)cc3cc(S(=O)(=O)O)c(N)c(O)c23)n1. The van der Waals surface area contributed by atoms with E-state index in [2.05, 4.69) is 20.3 Å². The van der Waals surface area contributed by atoms with Crippen LogP contribution in [0, 0.1) is 0 Å². The molecule has 0 radical (unpaired) electrons. The molecule has 0 spiro atoms. The first-order valence-electron chi connectivity index (χ1n) is 9.77. The Hall–Kier alpha value is -3.76. The molecule has 13 nitrogen and oxygen atoms in total. The van der Waals surface area contributed by atoms with E-state index in [-0.39, 0.29) is 33.6 Å². The van der Waals surface area contributed by atoms with E-state index in [1.807, 2.05) is 6.07 Å². The van der Waals surface area contributed by atoms with Gasteiger partial charge in [-0.25, -0.2) is 0 Å². The summed E-state index contributed by atoms with van der Waals surface area (Å²) in [5.74, 6) is -0.860. The number of nitrogens with two attached hydrogens (primary N) is 1. The van der Waals surface area contributed by atoms with Gasteiger partial charge in [-0.15, -0.1) is 0 Å². The van der Waals surface area contributed by atoms with Gasteiger partial charge in [0, 0.05) is 18.1 Å². The van der Waals surface area contributed by atoms with Gasteiger partial charge in [-0.1, -0.05) is 18.2 Å².